The van der Waals surface area contributed by atoms with E-state index in [4.69, 9.17) is 4.84 Å². The number of para-hydroxylation sites is 2. The highest BCUT2D eigenvalue weighted by atomic mass is 16.7. The number of hydrogen-bond donors (Lipinski definition) is 2. The summed E-state index contributed by atoms with van der Waals surface area (Å²) in [5.41, 5.74) is 2.95. The fourth-order valence-corrected chi connectivity index (χ4v) is 2.03. The van der Waals surface area contributed by atoms with Crippen molar-refractivity contribution >= 4 is 17.3 Å². The molecule has 5 nitrogen and oxygen atoms in total. The van der Waals surface area contributed by atoms with E-state index in [-0.39, 0.29) is 12.3 Å². The summed E-state index contributed by atoms with van der Waals surface area (Å²) in [6.45, 7) is 2.17. The van der Waals surface area contributed by atoms with E-state index in [2.05, 4.69) is 0 Å². The van der Waals surface area contributed by atoms with Crippen molar-refractivity contribution < 1.29 is 20.3 Å². The fraction of sp³-hybridized carbons (Fsp3) is 0.188. The van der Waals surface area contributed by atoms with Crippen molar-refractivity contribution in [2.45, 2.75) is 13.3 Å². The fourth-order valence-electron chi connectivity index (χ4n) is 2.03. The van der Waals surface area contributed by atoms with Crippen LogP contribution in [0.5, 0.6) is 0 Å². The SMILES string of the molecule is CCON(C(=O)Cc1ccccc1)c1ccccc1[NH2+]O. The summed E-state index contributed by atoms with van der Waals surface area (Å²) >= 11 is 0. The predicted molar refractivity (Wildman–Crippen MR) is 79.1 cm³/mol. The first kappa shape index (κ1) is 15.2. The van der Waals surface area contributed by atoms with Crippen LogP contribution in [0, 0.1) is 0 Å². The Balaban J connectivity index is 2.24. The van der Waals surface area contributed by atoms with E-state index >= 15 is 0 Å². The zero-order valence-electron chi connectivity index (χ0n) is 11.9. The molecular weight excluding hydrogens is 268 g/mol. The molecule has 3 N–H and O–H groups in total. The number of nitrogens with two attached hydrogens (primary N) is 1. The number of rotatable bonds is 6. The van der Waals surface area contributed by atoms with Crippen molar-refractivity contribution in [3.05, 3.63) is 60.2 Å². The number of carbonyl (C=O) groups is 1. The van der Waals surface area contributed by atoms with Crippen LogP contribution in [-0.2, 0) is 16.1 Å². The Hall–Kier alpha value is -2.21. The molecule has 0 heterocycles. The van der Waals surface area contributed by atoms with Gasteiger partial charge >= 0.3 is 0 Å². The predicted octanol–water partition coefficient (Wildman–Crippen LogP) is 1.80. The number of quaternary nitrogens is 1. The van der Waals surface area contributed by atoms with E-state index in [0.29, 0.717) is 18.0 Å². The number of anilines is 1. The Labute approximate surface area is 123 Å². The zero-order chi connectivity index (χ0) is 15.1. The molecule has 0 saturated carbocycles. The number of benzene rings is 2. The summed E-state index contributed by atoms with van der Waals surface area (Å²) < 4.78 is 0. The maximum atomic E-state index is 12.5. The van der Waals surface area contributed by atoms with Crippen LogP contribution in [-0.4, -0.2) is 17.7 Å². The molecule has 0 aromatic heterocycles. The molecule has 0 spiro atoms. The van der Waals surface area contributed by atoms with Gasteiger partial charge < -0.3 is 0 Å². The molecule has 0 aliphatic rings. The van der Waals surface area contributed by atoms with Gasteiger partial charge in [-0.25, -0.2) is 5.21 Å². The van der Waals surface area contributed by atoms with Crippen molar-refractivity contribution in [3.63, 3.8) is 0 Å². The first-order valence-electron chi connectivity index (χ1n) is 6.82. The van der Waals surface area contributed by atoms with Crippen LogP contribution < -0.4 is 10.5 Å². The van der Waals surface area contributed by atoms with Gasteiger partial charge in [0.2, 0.25) is 0 Å². The van der Waals surface area contributed by atoms with Gasteiger partial charge in [0.25, 0.3) is 5.91 Å². The number of amides is 1. The van der Waals surface area contributed by atoms with Crippen LogP contribution in [0.1, 0.15) is 12.5 Å². The molecule has 2 rings (SSSR count). The Morgan fingerprint density at radius 1 is 1.14 bits per heavy atom. The zero-order valence-corrected chi connectivity index (χ0v) is 11.9. The quantitative estimate of drug-likeness (QED) is 0.629. The average Bonchev–Trinajstić information content (AvgIpc) is 2.53. The minimum Gasteiger partial charge on any atom is -0.272 e. The number of nitrogens with zero attached hydrogens (tertiary/aromatic N) is 1. The van der Waals surface area contributed by atoms with E-state index in [1.54, 1.807) is 24.3 Å². The van der Waals surface area contributed by atoms with Gasteiger partial charge in [-0.05, 0) is 18.6 Å². The molecule has 1 amide bonds. The van der Waals surface area contributed by atoms with E-state index < -0.39 is 0 Å². The highest BCUT2D eigenvalue weighted by Gasteiger charge is 2.21. The molecule has 2 aromatic rings. The molecule has 0 radical (unpaired) electrons. The molecule has 0 aliphatic heterocycles. The standard InChI is InChI=1S/C16H18N2O3/c1-2-21-18(15-11-7-6-10-14(15)17-20)16(19)12-13-8-4-3-5-9-13/h3-11,17,20H,2,12H2,1H3/p+1. The molecule has 0 saturated heterocycles. The van der Waals surface area contributed by atoms with Crippen LogP contribution >= 0.6 is 0 Å². The Kier molecular flexibility index (Phi) is 5.45. The molecule has 0 unspecified atom stereocenters. The van der Waals surface area contributed by atoms with Crippen LogP contribution in [0.15, 0.2) is 54.6 Å². The highest BCUT2D eigenvalue weighted by Crippen LogP contribution is 2.22. The summed E-state index contributed by atoms with van der Waals surface area (Å²) in [5, 5.41) is 10.5. The summed E-state index contributed by atoms with van der Waals surface area (Å²) in [5.74, 6) is -0.183. The monoisotopic (exact) mass is 287 g/mol. The Morgan fingerprint density at radius 3 is 2.48 bits per heavy atom. The lowest BCUT2D eigenvalue weighted by atomic mass is 10.1. The first-order chi connectivity index (χ1) is 10.3. The van der Waals surface area contributed by atoms with Gasteiger partial charge in [-0.2, -0.15) is 10.5 Å². The van der Waals surface area contributed by atoms with Crippen LogP contribution in [0.4, 0.5) is 11.4 Å². The highest BCUT2D eigenvalue weighted by molar-refractivity contribution is 5.94. The lowest BCUT2D eigenvalue weighted by Crippen LogP contribution is -2.74. The maximum Gasteiger partial charge on any atom is 0.255 e. The molecule has 110 valence electrons. The summed E-state index contributed by atoms with van der Waals surface area (Å²) in [4.78, 5) is 17.9. The second-order valence-electron chi connectivity index (χ2n) is 4.46. The van der Waals surface area contributed by atoms with Gasteiger partial charge in [-0.1, -0.05) is 42.5 Å². The van der Waals surface area contributed by atoms with E-state index in [1.165, 1.54) is 5.06 Å². The summed E-state index contributed by atoms with van der Waals surface area (Å²) in [7, 11) is 0. The first-order valence-corrected chi connectivity index (χ1v) is 6.82. The molecule has 21 heavy (non-hydrogen) atoms. The lowest BCUT2D eigenvalue weighted by Gasteiger charge is -2.21. The van der Waals surface area contributed by atoms with E-state index in [9.17, 15) is 10.0 Å². The Bertz CT molecular complexity index is 587. The normalized spacial score (nSPS) is 10.4. The van der Waals surface area contributed by atoms with Gasteiger partial charge in [-0.3, -0.25) is 9.63 Å². The molecule has 2 aromatic carbocycles. The van der Waals surface area contributed by atoms with Crippen molar-refractivity contribution in [2.24, 2.45) is 0 Å². The van der Waals surface area contributed by atoms with Crippen molar-refractivity contribution in [3.8, 4) is 0 Å². The number of hydroxylamine groups is 1. The number of carbonyl (C=O) groups excluding carboxylic acids is 1. The number of hydrogen-bond acceptors (Lipinski definition) is 3. The molecule has 5 heteroatoms. The van der Waals surface area contributed by atoms with Gasteiger partial charge in [-0.15, -0.1) is 0 Å². The smallest absolute Gasteiger partial charge is 0.255 e. The third-order valence-corrected chi connectivity index (χ3v) is 2.98. The second-order valence-corrected chi connectivity index (χ2v) is 4.46. The minimum atomic E-state index is -0.183. The van der Waals surface area contributed by atoms with E-state index in [0.717, 1.165) is 11.0 Å². The van der Waals surface area contributed by atoms with Crippen LogP contribution in [0.3, 0.4) is 0 Å². The molecular formula is C16H19N2O3+. The average molecular weight is 287 g/mol. The third kappa shape index (κ3) is 3.88. The van der Waals surface area contributed by atoms with Crippen molar-refractivity contribution in [1.29, 1.82) is 0 Å². The molecule has 0 fully saturated rings. The largest absolute Gasteiger partial charge is 0.272 e. The van der Waals surface area contributed by atoms with Gasteiger partial charge in [0, 0.05) is 6.07 Å². The Morgan fingerprint density at radius 2 is 1.81 bits per heavy atom. The molecule has 0 aliphatic carbocycles. The van der Waals surface area contributed by atoms with Gasteiger partial charge in [0.1, 0.15) is 5.69 Å². The minimum absolute atomic E-state index is 0.183. The maximum absolute atomic E-state index is 12.5. The van der Waals surface area contributed by atoms with Crippen molar-refractivity contribution in [2.75, 3.05) is 11.7 Å². The van der Waals surface area contributed by atoms with Crippen molar-refractivity contribution in [1.82, 2.24) is 0 Å². The van der Waals surface area contributed by atoms with Gasteiger partial charge in [0.15, 0.2) is 5.69 Å². The molecule has 0 bridgehead atoms. The lowest BCUT2D eigenvalue weighted by molar-refractivity contribution is -0.825. The second kappa shape index (κ2) is 7.54. The van der Waals surface area contributed by atoms with E-state index in [1.807, 2.05) is 37.3 Å². The molecule has 0 atom stereocenters. The van der Waals surface area contributed by atoms with Gasteiger partial charge in [0.05, 0.1) is 13.0 Å². The topological polar surface area (TPSA) is 66.4 Å². The summed E-state index contributed by atoms with van der Waals surface area (Å²) in [6, 6.07) is 16.5. The van der Waals surface area contributed by atoms with Crippen LogP contribution in [0.2, 0.25) is 0 Å². The third-order valence-electron chi connectivity index (χ3n) is 2.98. The summed E-state index contributed by atoms with van der Waals surface area (Å²) in [6.07, 6.45) is 0.237. The van der Waals surface area contributed by atoms with Crippen LogP contribution in [0.25, 0.3) is 0 Å².